The van der Waals surface area contributed by atoms with Crippen LogP contribution >= 0.6 is 0 Å². The number of carbonyl (C=O) groups is 1. The number of carbonyl (C=O) groups excluding carboxylic acids is 1. The number of amides is 1. The first-order valence-electron chi connectivity index (χ1n) is 6.72. The van der Waals surface area contributed by atoms with Gasteiger partial charge >= 0.3 is 6.09 Å². The molecular formula is C13H24N2O2. The van der Waals surface area contributed by atoms with Gasteiger partial charge in [0.05, 0.1) is 6.10 Å². The molecule has 0 saturated carbocycles. The zero-order valence-corrected chi connectivity index (χ0v) is 11.3. The van der Waals surface area contributed by atoms with Crippen molar-refractivity contribution in [1.29, 1.82) is 0 Å². The first-order chi connectivity index (χ1) is 7.99. The van der Waals surface area contributed by atoms with Gasteiger partial charge in [-0.1, -0.05) is 0 Å². The van der Waals surface area contributed by atoms with Crippen molar-refractivity contribution in [2.24, 2.45) is 0 Å². The van der Waals surface area contributed by atoms with E-state index in [2.05, 4.69) is 18.7 Å². The Hall–Kier alpha value is -0.770. The summed E-state index contributed by atoms with van der Waals surface area (Å²) in [5.74, 6) is 0. The lowest BCUT2D eigenvalue weighted by molar-refractivity contribution is 0.0204. The second-order valence-electron chi connectivity index (χ2n) is 5.77. The summed E-state index contributed by atoms with van der Waals surface area (Å²) in [6.45, 7) is 10.3. The molecule has 2 aliphatic rings. The van der Waals surface area contributed by atoms with E-state index in [1.54, 1.807) is 0 Å². The van der Waals surface area contributed by atoms with Gasteiger partial charge in [-0.2, -0.15) is 0 Å². The summed E-state index contributed by atoms with van der Waals surface area (Å²) >= 11 is 0. The average Bonchev–Trinajstić information content (AvgIpc) is 2.48. The normalized spacial score (nSPS) is 29.2. The fraction of sp³-hybridized carbons (Fsp3) is 0.923. The van der Waals surface area contributed by atoms with Crippen LogP contribution in [0.25, 0.3) is 0 Å². The molecule has 2 bridgehead atoms. The number of piperazine rings is 1. The Morgan fingerprint density at radius 2 is 1.65 bits per heavy atom. The largest absolute Gasteiger partial charge is 0.447 e. The molecule has 0 unspecified atom stereocenters. The third-order valence-electron chi connectivity index (χ3n) is 3.79. The van der Waals surface area contributed by atoms with Crippen LogP contribution in [0.4, 0.5) is 4.79 Å². The lowest BCUT2D eigenvalue weighted by Gasteiger charge is -2.42. The first kappa shape index (κ1) is 12.7. The molecule has 0 N–H and O–H groups in total. The van der Waals surface area contributed by atoms with Gasteiger partial charge in [0.1, 0.15) is 0 Å². The summed E-state index contributed by atoms with van der Waals surface area (Å²) in [5.41, 5.74) is 0. The van der Waals surface area contributed by atoms with Gasteiger partial charge in [0, 0.05) is 31.2 Å². The molecule has 2 saturated heterocycles. The number of ether oxygens (including phenoxy) is 1. The second kappa shape index (κ2) is 4.84. The molecule has 2 aliphatic heterocycles. The maximum atomic E-state index is 12.0. The van der Waals surface area contributed by atoms with Crippen molar-refractivity contribution in [3.05, 3.63) is 0 Å². The molecular weight excluding hydrogens is 216 g/mol. The van der Waals surface area contributed by atoms with Crippen molar-refractivity contribution >= 4 is 6.09 Å². The van der Waals surface area contributed by atoms with E-state index in [-0.39, 0.29) is 12.2 Å². The summed E-state index contributed by atoms with van der Waals surface area (Å²) < 4.78 is 5.33. The van der Waals surface area contributed by atoms with Gasteiger partial charge in [0.2, 0.25) is 0 Å². The minimum atomic E-state index is -0.115. The van der Waals surface area contributed by atoms with Crippen LogP contribution in [0.15, 0.2) is 0 Å². The van der Waals surface area contributed by atoms with Gasteiger partial charge in [-0.05, 0) is 40.5 Å². The molecule has 0 aromatic carbocycles. The highest BCUT2D eigenvalue weighted by molar-refractivity contribution is 5.69. The van der Waals surface area contributed by atoms with E-state index in [1.807, 2.05) is 18.7 Å². The number of fused-ring (bicyclic) bond motifs is 2. The Morgan fingerprint density at radius 1 is 1.12 bits per heavy atom. The van der Waals surface area contributed by atoms with Crippen LogP contribution < -0.4 is 0 Å². The topological polar surface area (TPSA) is 32.8 Å². The van der Waals surface area contributed by atoms with Gasteiger partial charge in [-0.15, -0.1) is 0 Å². The molecule has 4 nitrogen and oxygen atoms in total. The third-order valence-corrected chi connectivity index (χ3v) is 3.79. The molecule has 17 heavy (non-hydrogen) atoms. The Kier molecular flexibility index (Phi) is 3.61. The first-order valence-corrected chi connectivity index (χ1v) is 6.72. The molecule has 4 heteroatoms. The van der Waals surface area contributed by atoms with Crippen LogP contribution in [0.3, 0.4) is 0 Å². The summed E-state index contributed by atoms with van der Waals surface area (Å²) in [4.78, 5) is 16.5. The Balaban J connectivity index is 2.01. The maximum Gasteiger partial charge on any atom is 0.410 e. The van der Waals surface area contributed by atoms with Crippen molar-refractivity contribution in [2.75, 3.05) is 13.1 Å². The predicted octanol–water partition coefficient (Wildman–Crippen LogP) is 2.09. The van der Waals surface area contributed by atoms with Gasteiger partial charge in [-0.25, -0.2) is 4.79 Å². The van der Waals surface area contributed by atoms with Crippen molar-refractivity contribution < 1.29 is 9.53 Å². The van der Waals surface area contributed by atoms with Crippen molar-refractivity contribution in [3.8, 4) is 0 Å². The van der Waals surface area contributed by atoms with E-state index in [4.69, 9.17) is 4.74 Å². The third kappa shape index (κ3) is 2.57. The summed E-state index contributed by atoms with van der Waals surface area (Å²) in [5, 5.41) is 0. The highest BCUT2D eigenvalue weighted by Crippen LogP contribution is 2.31. The molecule has 0 aliphatic carbocycles. The van der Waals surface area contributed by atoms with Gasteiger partial charge in [0.25, 0.3) is 0 Å². The minimum Gasteiger partial charge on any atom is -0.447 e. The Labute approximate surface area is 104 Å². The highest BCUT2D eigenvalue weighted by atomic mass is 16.6. The van der Waals surface area contributed by atoms with Crippen LogP contribution in [0.5, 0.6) is 0 Å². The molecule has 0 spiro atoms. The highest BCUT2D eigenvalue weighted by Gasteiger charge is 2.43. The molecule has 1 amide bonds. The van der Waals surface area contributed by atoms with E-state index >= 15 is 0 Å². The monoisotopic (exact) mass is 240 g/mol. The number of hydrogen-bond donors (Lipinski definition) is 0. The number of hydrogen-bond acceptors (Lipinski definition) is 3. The molecule has 0 aromatic heterocycles. The summed E-state index contributed by atoms with van der Waals surface area (Å²) in [6.07, 6.45) is 2.11. The van der Waals surface area contributed by atoms with Crippen molar-refractivity contribution in [3.63, 3.8) is 0 Å². The molecule has 2 heterocycles. The summed E-state index contributed by atoms with van der Waals surface area (Å²) in [7, 11) is 0. The maximum absolute atomic E-state index is 12.0. The quantitative estimate of drug-likeness (QED) is 0.741. The Bertz CT molecular complexity index is 277. The van der Waals surface area contributed by atoms with Crippen LogP contribution in [0.2, 0.25) is 0 Å². The lowest BCUT2D eigenvalue weighted by Crippen LogP contribution is -2.57. The molecule has 98 valence electrons. The second-order valence-corrected chi connectivity index (χ2v) is 5.77. The minimum absolute atomic E-state index is 0.0231. The fourth-order valence-corrected chi connectivity index (χ4v) is 2.92. The molecule has 2 atom stereocenters. The van der Waals surface area contributed by atoms with Gasteiger partial charge in [0.15, 0.2) is 0 Å². The summed E-state index contributed by atoms with van der Waals surface area (Å²) in [6, 6.07) is 1.30. The van der Waals surface area contributed by atoms with Crippen molar-refractivity contribution in [2.45, 2.75) is 64.8 Å². The van der Waals surface area contributed by atoms with E-state index in [0.29, 0.717) is 18.1 Å². The van der Waals surface area contributed by atoms with Crippen LogP contribution in [0.1, 0.15) is 40.5 Å². The Morgan fingerprint density at radius 3 is 2.06 bits per heavy atom. The SMILES string of the molecule is CC(C)OC(=O)N1[C@@H]2CC[C@H]1CN(C(C)C)C2. The van der Waals surface area contributed by atoms with E-state index in [9.17, 15) is 4.79 Å². The molecule has 0 radical (unpaired) electrons. The number of likely N-dealkylation sites (tertiary alicyclic amines) is 1. The standard InChI is InChI=1S/C13H24N2O2/c1-9(2)14-7-11-5-6-12(8-14)15(11)13(16)17-10(3)4/h9-12H,5-8H2,1-4H3/t11-,12+. The van der Waals surface area contributed by atoms with Crippen LogP contribution in [-0.2, 0) is 4.74 Å². The molecule has 0 aromatic rings. The van der Waals surface area contributed by atoms with Gasteiger partial charge < -0.3 is 4.74 Å². The zero-order valence-electron chi connectivity index (χ0n) is 11.3. The number of rotatable bonds is 2. The fourth-order valence-electron chi connectivity index (χ4n) is 2.92. The smallest absolute Gasteiger partial charge is 0.410 e. The lowest BCUT2D eigenvalue weighted by atomic mass is 10.1. The predicted molar refractivity (Wildman–Crippen MR) is 67.0 cm³/mol. The molecule has 2 rings (SSSR count). The van der Waals surface area contributed by atoms with Crippen molar-refractivity contribution in [1.82, 2.24) is 9.80 Å². The average molecular weight is 240 g/mol. The van der Waals surface area contributed by atoms with E-state index in [0.717, 1.165) is 25.9 Å². The van der Waals surface area contributed by atoms with Crippen LogP contribution in [-0.4, -0.2) is 53.2 Å². The van der Waals surface area contributed by atoms with Gasteiger partial charge in [-0.3, -0.25) is 9.80 Å². The number of nitrogens with zero attached hydrogens (tertiary/aromatic N) is 2. The van der Waals surface area contributed by atoms with Crippen LogP contribution in [0, 0.1) is 0 Å². The zero-order chi connectivity index (χ0) is 12.6. The van der Waals surface area contributed by atoms with E-state index < -0.39 is 0 Å². The van der Waals surface area contributed by atoms with E-state index in [1.165, 1.54) is 0 Å². The molecule has 2 fully saturated rings.